The number of aryl methyl sites for hydroxylation is 4. The summed E-state index contributed by atoms with van der Waals surface area (Å²) in [4.78, 5) is 4.17. The number of hydrogen-bond donors (Lipinski definition) is 0. The zero-order valence-electron chi connectivity index (χ0n) is 21.5. The molecule has 4 rings (SSSR count). The van der Waals surface area contributed by atoms with E-state index in [9.17, 15) is 0 Å². The number of hydrogen-bond acceptors (Lipinski definition) is 2. The Balaban J connectivity index is 1.60. The lowest BCUT2D eigenvalue weighted by atomic mass is 9.80. The average Bonchev–Trinajstić information content (AvgIpc) is 2.80. The normalized spacial score (nSPS) is 14.1. The monoisotopic (exact) mass is 473 g/mol. The highest BCUT2D eigenvalue weighted by atomic mass is 32.1. The van der Waals surface area contributed by atoms with Gasteiger partial charge in [-0.1, -0.05) is 36.7 Å². The minimum absolute atomic E-state index is 0.778. The Kier molecular flexibility index (Phi) is 7.38. The summed E-state index contributed by atoms with van der Waals surface area (Å²) in [6.07, 6.45) is 3.64. The Hall–Kier alpha value is -3.42. The number of rotatable bonds is 1. The molecule has 0 radical (unpaired) electrons. The first-order valence-electron chi connectivity index (χ1n) is 12.2. The van der Waals surface area contributed by atoms with Gasteiger partial charge in [0, 0.05) is 22.3 Å². The van der Waals surface area contributed by atoms with E-state index in [1.165, 1.54) is 47.1 Å². The van der Waals surface area contributed by atoms with E-state index in [1.807, 2.05) is 26.0 Å². The van der Waals surface area contributed by atoms with Crippen LogP contribution < -0.4 is 0 Å². The van der Waals surface area contributed by atoms with E-state index < -0.39 is 0 Å². The van der Waals surface area contributed by atoms with Crippen molar-refractivity contribution >= 4 is 23.1 Å². The molecule has 0 aromatic heterocycles. The van der Waals surface area contributed by atoms with E-state index in [0.29, 0.717) is 0 Å². The fourth-order valence-electron chi connectivity index (χ4n) is 5.10. The quantitative estimate of drug-likeness (QED) is 0.199. The number of isothiocyanates is 1. The summed E-state index contributed by atoms with van der Waals surface area (Å²) in [6, 6.07) is 12.7. The molecule has 0 saturated carbocycles. The second-order valence-corrected chi connectivity index (χ2v) is 10.1. The van der Waals surface area contributed by atoms with Crippen molar-refractivity contribution in [3.63, 3.8) is 0 Å². The SMILES string of the molecule is Cc1cc(C#Cc2c(C)cc3c(c2C)CCC(C)C3)ccc1C#Cc1cc(C)c(N=C=S)c(C)c1. The Labute approximate surface area is 215 Å². The third kappa shape index (κ3) is 5.47. The predicted octanol–water partition coefficient (Wildman–Crippen LogP) is 7.89. The molecule has 0 saturated heterocycles. The van der Waals surface area contributed by atoms with Crippen molar-refractivity contribution in [3.05, 3.63) is 97.6 Å². The summed E-state index contributed by atoms with van der Waals surface area (Å²) in [5.74, 6) is 14.3. The van der Waals surface area contributed by atoms with Crippen LogP contribution in [0.25, 0.3) is 0 Å². The summed E-state index contributed by atoms with van der Waals surface area (Å²) < 4.78 is 0. The van der Waals surface area contributed by atoms with Crippen LogP contribution in [-0.2, 0) is 12.8 Å². The molecule has 174 valence electrons. The lowest BCUT2D eigenvalue weighted by molar-refractivity contribution is 0.499. The van der Waals surface area contributed by atoms with E-state index >= 15 is 0 Å². The van der Waals surface area contributed by atoms with Crippen molar-refractivity contribution in [2.24, 2.45) is 10.9 Å². The summed E-state index contributed by atoms with van der Waals surface area (Å²) in [6.45, 7) is 12.9. The summed E-state index contributed by atoms with van der Waals surface area (Å²) in [5, 5.41) is 2.46. The number of nitrogens with zero attached hydrogens (tertiary/aromatic N) is 1. The molecule has 3 aromatic carbocycles. The molecule has 1 unspecified atom stereocenters. The van der Waals surface area contributed by atoms with Crippen molar-refractivity contribution in [2.75, 3.05) is 0 Å². The van der Waals surface area contributed by atoms with Crippen molar-refractivity contribution in [2.45, 2.75) is 60.8 Å². The molecule has 1 aliphatic carbocycles. The number of thiocarbonyl (C=S) groups is 1. The average molecular weight is 474 g/mol. The minimum Gasteiger partial charge on any atom is -0.194 e. The van der Waals surface area contributed by atoms with Crippen molar-refractivity contribution in [1.29, 1.82) is 0 Å². The fourth-order valence-corrected chi connectivity index (χ4v) is 5.20. The van der Waals surface area contributed by atoms with Gasteiger partial charge in [0.1, 0.15) is 0 Å². The zero-order valence-corrected chi connectivity index (χ0v) is 22.3. The van der Waals surface area contributed by atoms with Gasteiger partial charge in [-0.25, -0.2) is 0 Å². The summed E-state index contributed by atoms with van der Waals surface area (Å²) >= 11 is 4.76. The van der Waals surface area contributed by atoms with Gasteiger partial charge in [0.15, 0.2) is 0 Å². The highest BCUT2D eigenvalue weighted by Crippen LogP contribution is 2.31. The second-order valence-electron chi connectivity index (χ2n) is 9.87. The smallest absolute Gasteiger partial charge is 0.0798 e. The predicted molar refractivity (Wildman–Crippen MR) is 151 cm³/mol. The first kappa shape index (κ1) is 24.7. The molecule has 1 aliphatic rings. The highest BCUT2D eigenvalue weighted by molar-refractivity contribution is 7.78. The standard InChI is InChI=1S/C33H31NS/c1-21-7-13-32-26(6)31(23(3)19-30(32)15-21)14-10-27-8-11-29(22(2)16-27)12-9-28-17-24(4)33(34-20-35)25(5)18-28/h8,11,16-19,21H,7,13,15H2,1-6H3. The fraction of sp³-hybridized carbons (Fsp3) is 0.303. The Bertz CT molecular complexity index is 1470. The van der Waals surface area contributed by atoms with Gasteiger partial charge in [-0.15, -0.1) is 0 Å². The third-order valence-corrected chi connectivity index (χ3v) is 7.10. The van der Waals surface area contributed by atoms with E-state index in [1.54, 1.807) is 0 Å². The highest BCUT2D eigenvalue weighted by Gasteiger charge is 2.19. The van der Waals surface area contributed by atoms with Crippen LogP contribution in [0.1, 0.15) is 74.5 Å². The molecule has 1 atom stereocenters. The topological polar surface area (TPSA) is 12.4 Å². The zero-order chi connectivity index (χ0) is 25.1. The Morgan fingerprint density at radius 3 is 2.17 bits per heavy atom. The van der Waals surface area contributed by atoms with Gasteiger partial charge in [0.25, 0.3) is 0 Å². The number of aliphatic imine (C=N–C) groups is 1. The molecule has 0 N–H and O–H groups in total. The molecule has 2 heteroatoms. The van der Waals surface area contributed by atoms with Crippen molar-refractivity contribution in [1.82, 2.24) is 0 Å². The molecule has 0 amide bonds. The van der Waals surface area contributed by atoms with Crippen LogP contribution in [0.4, 0.5) is 5.69 Å². The molecular weight excluding hydrogens is 442 g/mol. The van der Waals surface area contributed by atoms with E-state index in [0.717, 1.165) is 45.0 Å². The van der Waals surface area contributed by atoms with Crippen LogP contribution in [-0.4, -0.2) is 5.16 Å². The molecule has 0 heterocycles. The van der Waals surface area contributed by atoms with Gasteiger partial charge in [0.2, 0.25) is 0 Å². The number of benzene rings is 3. The Morgan fingerprint density at radius 1 is 0.800 bits per heavy atom. The van der Waals surface area contributed by atoms with Gasteiger partial charge in [0.05, 0.1) is 10.8 Å². The number of fused-ring (bicyclic) bond motifs is 1. The van der Waals surface area contributed by atoms with Gasteiger partial charge in [-0.3, -0.25) is 0 Å². The molecule has 0 spiro atoms. The van der Waals surface area contributed by atoms with Gasteiger partial charge < -0.3 is 0 Å². The maximum absolute atomic E-state index is 4.76. The molecule has 0 fully saturated rings. The lowest BCUT2D eigenvalue weighted by Crippen LogP contribution is -2.14. The lowest BCUT2D eigenvalue weighted by Gasteiger charge is -2.25. The van der Waals surface area contributed by atoms with Crippen LogP contribution in [0.2, 0.25) is 0 Å². The van der Waals surface area contributed by atoms with E-state index in [4.69, 9.17) is 12.2 Å². The van der Waals surface area contributed by atoms with Crippen LogP contribution in [0.15, 0.2) is 41.4 Å². The van der Waals surface area contributed by atoms with Gasteiger partial charge in [-0.2, -0.15) is 4.99 Å². The van der Waals surface area contributed by atoms with Gasteiger partial charge in [-0.05, 0) is 141 Å². The van der Waals surface area contributed by atoms with Crippen molar-refractivity contribution in [3.8, 4) is 23.7 Å². The third-order valence-electron chi connectivity index (χ3n) is 7.00. The summed E-state index contributed by atoms with van der Waals surface area (Å²) in [7, 11) is 0. The van der Waals surface area contributed by atoms with Crippen LogP contribution in [0, 0.1) is 64.2 Å². The van der Waals surface area contributed by atoms with Crippen LogP contribution in [0.3, 0.4) is 0 Å². The molecule has 0 aliphatic heterocycles. The maximum atomic E-state index is 4.76. The molecule has 0 bridgehead atoms. The maximum Gasteiger partial charge on any atom is 0.0798 e. The van der Waals surface area contributed by atoms with E-state index in [2.05, 4.69) is 85.8 Å². The first-order chi connectivity index (χ1) is 16.8. The molecule has 35 heavy (non-hydrogen) atoms. The largest absolute Gasteiger partial charge is 0.194 e. The molecule has 1 nitrogen and oxygen atoms in total. The van der Waals surface area contributed by atoms with Crippen LogP contribution in [0.5, 0.6) is 0 Å². The van der Waals surface area contributed by atoms with Crippen molar-refractivity contribution < 1.29 is 0 Å². The van der Waals surface area contributed by atoms with Crippen LogP contribution >= 0.6 is 12.2 Å². The van der Waals surface area contributed by atoms with Gasteiger partial charge >= 0.3 is 0 Å². The van der Waals surface area contributed by atoms with E-state index in [-0.39, 0.29) is 0 Å². The minimum atomic E-state index is 0.778. The Morgan fingerprint density at radius 2 is 1.49 bits per heavy atom. The second kappa shape index (κ2) is 10.5. The molecular formula is C33H31NS. The first-order valence-corrected chi connectivity index (χ1v) is 12.6. The summed E-state index contributed by atoms with van der Waals surface area (Å²) in [5.41, 5.74) is 14.0. The molecule has 3 aromatic rings.